The lowest BCUT2D eigenvalue weighted by Crippen LogP contribution is -2.29. The Morgan fingerprint density at radius 1 is 0.875 bits per heavy atom. The van der Waals surface area contributed by atoms with Crippen LogP contribution < -0.4 is 9.62 Å². The molecule has 4 nitrogen and oxygen atoms in total. The van der Waals surface area contributed by atoms with E-state index in [0.29, 0.717) is 10.7 Å². The number of nitrogens with one attached hydrogen (secondary N) is 1. The molecule has 0 bridgehead atoms. The molecule has 1 N–H and O–H groups in total. The molecule has 0 saturated carbocycles. The highest BCUT2D eigenvalue weighted by molar-refractivity contribution is 7.92. The quantitative estimate of drug-likeness (QED) is 0.824. The molecule has 0 unspecified atom stereocenters. The van der Waals surface area contributed by atoms with Crippen molar-refractivity contribution in [2.75, 3.05) is 22.7 Å². The molecule has 0 amide bonds. The Labute approximate surface area is 152 Å². The van der Waals surface area contributed by atoms with Crippen molar-refractivity contribution in [3.8, 4) is 0 Å². The molecule has 0 spiro atoms. The fourth-order valence-electron chi connectivity index (χ4n) is 2.75. The Balaban J connectivity index is 1.76. The Morgan fingerprint density at radius 3 is 2.17 bits per heavy atom. The first-order chi connectivity index (χ1) is 11.5. The third-order valence-electron chi connectivity index (χ3n) is 4.04. The van der Waals surface area contributed by atoms with Crippen LogP contribution in [0, 0.1) is 0 Å². The first-order valence-electron chi connectivity index (χ1n) is 7.79. The Kier molecular flexibility index (Phi) is 5.23. The van der Waals surface area contributed by atoms with Gasteiger partial charge in [0.2, 0.25) is 0 Å². The summed E-state index contributed by atoms with van der Waals surface area (Å²) < 4.78 is 27.4. The summed E-state index contributed by atoms with van der Waals surface area (Å²) in [4.78, 5) is 2.40. The van der Waals surface area contributed by atoms with Crippen LogP contribution in [0.25, 0.3) is 0 Å². The maximum absolute atomic E-state index is 12.4. The van der Waals surface area contributed by atoms with Crippen molar-refractivity contribution in [3.63, 3.8) is 0 Å². The number of rotatable bonds is 4. The highest BCUT2D eigenvalue weighted by atomic mass is 35.5. The maximum atomic E-state index is 12.4. The lowest BCUT2D eigenvalue weighted by molar-refractivity contribution is 0.578. The van der Waals surface area contributed by atoms with Gasteiger partial charge in [0, 0.05) is 24.5 Å². The van der Waals surface area contributed by atoms with Crippen molar-refractivity contribution in [2.45, 2.75) is 24.2 Å². The third-order valence-corrected chi connectivity index (χ3v) is 6.16. The van der Waals surface area contributed by atoms with Gasteiger partial charge in [-0.3, -0.25) is 4.72 Å². The molecule has 3 rings (SSSR count). The number of piperidine rings is 1. The molecule has 7 heteroatoms. The minimum absolute atomic E-state index is 0.0806. The van der Waals surface area contributed by atoms with Gasteiger partial charge < -0.3 is 4.90 Å². The number of hydrogen-bond acceptors (Lipinski definition) is 3. The largest absolute Gasteiger partial charge is 0.372 e. The topological polar surface area (TPSA) is 49.4 Å². The number of halogens is 2. The summed E-state index contributed by atoms with van der Waals surface area (Å²) in [5.74, 6) is 0. The molecule has 0 aliphatic carbocycles. The van der Waals surface area contributed by atoms with Crippen molar-refractivity contribution in [1.82, 2.24) is 0 Å². The van der Waals surface area contributed by atoms with Crippen molar-refractivity contribution < 1.29 is 8.42 Å². The molecule has 128 valence electrons. The summed E-state index contributed by atoms with van der Waals surface area (Å²) in [6.45, 7) is 2.10. The number of anilines is 2. The fourth-order valence-corrected chi connectivity index (χ4v) is 4.20. The van der Waals surface area contributed by atoms with Gasteiger partial charge in [-0.2, -0.15) is 0 Å². The van der Waals surface area contributed by atoms with Crippen molar-refractivity contribution in [1.29, 1.82) is 0 Å². The molecule has 1 fully saturated rings. The summed E-state index contributed by atoms with van der Waals surface area (Å²) >= 11 is 11.7. The molecule has 24 heavy (non-hydrogen) atoms. The summed E-state index contributed by atoms with van der Waals surface area (Å²) in [6.07, 6.45) is 3.68. The molecule has 1 saturated heterocycles. The van der Waals surface area contributed by atoms with Crippen LogP contribution in [0.1, 0.15) is 19.3 Å². The Hall–Kier alpha value is -1.43. The van der Waals surface area contributed by atoms with E-state index in [0.717, 1.165) is 18.8 Å². The molecule has 2 aromatic carbocycles. The van der Waals surface area contributed by atoms with Gasteiger partial charge in [-0.25, -0.2) is 8.42 Å². The summed E-state index contributed by atoms with van der Waals surface area (Å²) in [5.41, 5.74) is 1.63. The molecule has 0 radical (unpaired) electrons. The first-order valence-corrected chi connectivity index (χ1v) is 10.0. The van der Waals surface area contributed by atoms with Crippen LogP contribution in [0.2, 0.25) is 10.0 Å². The number of benzene rings is 2. The van der Waals surface area contributed by atoms with Crippen LogP contribution in [-0.2, 0) is 10.0 Å². The predicted molar refractivity (Wildman–Crippen MR) is 99.8 cm³/mol. The smallest absolute Gasteiger partial charge is 0.261 e. The average molecular weight is 385 g/mol. The van der Waals surface area contributed by atoms with E-state index in [2.05, 4.69) is 9.62 Å². The molecule has 1 heterocycles. The minimum atomic E-state index is -3.70. The Bertz CT molecular complexity index is 817. The van der Waals surface area contributed by atoms with Crippen molar-refractivity contribution in [2.24, 2.45) is 0 Å². The minimum Gasteiger partial charge on any atom is -0.372 e. The molecule has 0 aromatic heterocycles. The molecule has 0 atom stereocenters. The molecule has 1 aliphatic heterocycles. The van der Waals surface area contributed by atoms with Gasteiger partial charge in [0.15, 0.2) is 0 Å². The van der Waals surface area contributed by atoms with Gasteiger partial charge in [0.05, 0.1) is 14.9 Å². The van der Waals surface area contributed by atoms with E-state index in [-0.39, 0.29) is 9.92 Å². The van der Waals surface area contributed by atoms with E-state index in [9.17, 15) is 8.42 Å². The van der Waals surface area contributed by atoms with E-state index in [1.165, 1.54) is 37.5 Å². The average Bonchev–Trinajstić information content (AvgIpc) is 2.58. The highest BCUT2D eigenvalue weighted by Crippen LogP contribution is 2.27. The van der Waals surface area contributed by atoms with Gasteiger partial charge in [0.1, 0.15) is 0 Å². The fraction of sp³-hybridized carbons (Fsp3) is 0.294. The summed E-state index contributed by atoms with van der Waals surface area (Å²) in [7, 11) is -3.70. The lowest BCUT2D eigenvalue weighted by atomic mass is 10.1. The van der Waals surface area contributed by atoms with Crippen molar-refractivity contribution in [3.05, 3.63) is 52.5 Å². The zero-order valence-corrected chi connectivity index (χ0v) is 15.3. The normalized spacial score (nSPS) is 15.3. The van der Waals surface area contributed by atoms with Crippen LogP contribution >= 0.6 is 23.2 Å². The van der Waals surface area contributed by atoms with Gasteiger partial charge >= 0.3 is 0 Å². The summed E-state index contributed by atoms with van der Waals surface area (Å²) in [6, 6.07) is 11.7. The van der Waals surface area contributed by atoms with Gasteiger partial charge in [-0.1, -0.05) is 23.2 Å². The van der Waals surface area contributed by atoms with Crippen LogP contribution in [0.5, 0.6) is 0 Å². The molecular formula is C17H18Cl2N2O2S. The molecule has 2 aromatic rings. The second-order valence-electron chi connectivity index (χ2n) is 5.78. The number of sulfonamides is 1. The number of hydrogen-bond donors (Lipinski definition) is 1. The van der Waals surface area contributed by atoms with E-state index in [1.54, 1.807) is 12.1 Å². The van der Waals surface area contributed by atoms with Crippen LogP contribution in [0.4, 0.5) is 11.4 Å². The second-order valence-corrected chi connectivity index (χ2v) is 8.27. The predicted octanol–water partition coefficient (Wildman–Crippen LogP) is 4.78. The first kappa shape index (κ1) is 17.4. The number of nitrogens with zero attached hydrogens (tertiary/aromatic N) is 1. The van der Waals surface area contributed by atoms with Gasteiger partial charge in [0.25, 0.3) is 10.0 Å². The van der Waals surface area contributed by atoms with Crippen molar-refractivity contribution >= 4 is 44.6 Å². The van der Waals surface area contributed by atoms with Gasteiger partial charge in [-0.05, 0) is 61.7 Å². The summed E-state index contributed by atoms with van der Waals surface area (Å²) in [5, 5.41) is 0.529. The van der Waals surface area contributed by atoms with E-state index < -0.39 is 10.0 Å². The van der Waals surface area contributed by atoms with E-state index in [1.807, 2.05) is 12.1 Å². The lowest BCUT2D eigenvalue weighted by Gasteiger charge is -2.28. The van der Waals surface area contributed by atoms with E-state index in [4.69, 9.17) is 23.2 Å². The van der Waals surface area contributed by atoms with E-state index >= 15 is 0 Å². The standard InChI is InChI=1S/C17H18Cl2N2O2S/c18-16-9-8-15(12-17(16)19)24(22,23)20-13-4-6-14(7-5-13)21-10-2-1-3-11-21/h4-9,12,20H,1-3,10-11H2. The zero-order chi connectivity index (χ0) is 17.2. The highest BCUT2D eigenvalue weighted by Gasteiger charge is 2.16. The van der Waals surface area contributed by atoms with Crippen LogP contribution in [-0.4, -0.2) is 21.5 Å². The SMILES string of the molecule is O=S(=O)(Nc1ccc(N2CCCCC2)cc1)c1ccc(Cl)c(Cl)c1. The zero-order valence-electron chi connectivity index (χ0n) is 13.0. The molecular weight excluding hydrogens is 367 g/mol. The Morgan fingerprint density at radius 2 is 1.54 bits per heavy atom. The van der Waals surface area contributed by atoms with Crippen LogP contribution in [0.15, 0.2) is 47.4 Å². The monoisotopic (exact) mass is 384 g/mol. The molecule has 1 aliphatic rings. The second kappa shape index (κ2) is 7.21. The maximum Gasteiger partial charge on any atom is 0.261 e. The van der Waals surface area contributed by atoms with Gasteiger partial charge in [-0.15, -0.1) is 0 Å². The third kappa shape index (κ3) is 3.97. The van der Waals surface area contributed by atoms with Crippen LogP contribution in [0.3, 0.4) is 0 Å².